The van der Waals surface area contributed by atoms with E-state index in [2.05, 4.69) is 212 Å². The molecule has 7 aromatic carbocycles. The molecule has 10 rings (SSSR count). The standard InChI is InChI=1S/C54H51BN2O/c1-52(2,3)35-23-27-38(28-24-35)56-45-30-26-36(53(4,5)6)32-44(45)55-43-29-25-37(54(7,8)9)33-48(43)57(47-21-14-20-46(56)50(47)55)39-16-12-15-34(31-39)40-18-13-19-42-41-17-10-11-22-49(41)58-51(40)42/h10-33H,1-9H3. The van der Waals surface area contributed by atoms with Crippen molar-refractivity contribution in [3.8, 4) is 11.1 Å². The number of fused-ring (bicyclic) bond motifs is 7. The summed E-state index contributed by atoms with van der Waals surface area (Å²) >= 11 is 0. The molecule has 3 heterocycles. The number of nitrogens with zero attached hydrogens (tertiary/aromatic N) is 2. The Morgan fingerprint density at radius 2 is 1.03 bits per heavy atom. The highest BCUT2D eigenvalue weighted by molar-refractivity contribution is 7.00. The first kappa shape index (κ1) is 36.4. The zero-order valence-corrected chi connectivity index (χ0v) is 35.2. The van der Waals surface area contributed by atoms with Crippen LogP contribution in [0.1, 0.15) is 79.0 Å². The first-order chi connectivity index (χ1) is 27.7. The number of furan rings is 1. The lowest BCUT2D eigenvalue weighted by atomic mass is 9.33. The van der Waals surface area contributed by atoms with Gasteiger partial charge in [-0.1, -0.05) is 153 Å². The summed E-state index contributed by atoms with van der Waals surface area (Å²) < 4.78 is 6.57. The minimum absolute atomic E-state index is 0.00320. The highest BCUT2D eigenvalue weighted by Gasteiger charge is 2.44. The number of hydrogen-bond acceptors (Lipinski definition) is 3. The van der Waals surface area contributed by atoms with Gasteiger partial charge in [0.25, 0.3) is 6.71 Å². The lowest BCUT2D eigenvalue weighted by molar-refractivity contribution is 0.590. The molecule has 8 aromatic rings. The average Bonchev–Trinajstić information content (AvgIpc) is 3.58. The van der Waals surface area contributed by atoms with E-state index in [1.807, 2.05) is 6.07 Å². The van der Waals surface area contributed by atoms with Gasteiger partial charge in [-0.05, 0) is 109 Å². The summed E-state index contributed by atoms with van der Waals surface area (Å²) in [6.07, 6.45) is 0. The normalized spacial score (nSPS) is 13.8. The molecule has 0 aliphatic carbocycles. The molecule has 2 aliphatic rings. The molecule has 0 amide bonds. The Kier molecular flexibility index (Phi) is 7.99. The smallest absolute Gasteiger partial charge is 0.252 e. The fourth-order valence-corrected chi connectivity index (χ4v) is 9.32. The summed E-state index contributed by atoms with van der Waals surface area (Å²) in [6, 6.07) is 54.6. The Balaban J connectivity index is 1.23. The molecule has 0 bridgehead atoms. The Morgan fingerprint density at radius 1 is 0.431 bits per heavy atom. The first-order valence-corrected chi connectivity index (χ1v) is 20.8. The van der Waals surface area contributed by atoms with Gasteiger partial charge in [0.1, 0.15) is 11.2 Å². The average molecular weight is 755 g/mol. The van der Waals surface area contributed by atoms with Gasteiger partial charge in [-0.15, -0.1) is 0 Å². The Hall–Kier alpha value is -6.00. The van der Waals surface area contributed by atoms with Gasteiger partial charge in [0, 0.05) is 50.5 Å². The lowest BCUT2D eigenvalue weighted by Crippen LogP contribution is -2.61. The first-order valence-electron chi connectivity index (χ1n) is 20.8. The highest BCUT2D eigenvalue weighted by atomic mass is 16.3. The fourth-order valence-electron chi connectivity index (χ4n) is 9.32. The van der Waals surface area contributed by atoms with Gasteiger partial charge in [-0.2, -0.15) is 0 Å². The fraction of sp³-hybridized carbons (Fsp3) is 0.222. The summed E-state index contributed by atoms with van der Waals surface area (Å²) in [5.74, 6) is 0. The van der Waals surface area contributed by atoms with Crippen molar-refractivity contribution in [2.75, 3.05) is 9.80 Å². The van der Waals surface area contributed by atoms with Gasteiger partial charge in [0.15, 0.2) is 0 Å². The van der Waals surface area contributed by atoms with Crippen molar-refractivity contribution in [1.29, 1.82) is 0 Å². The molecule has 0 radical (unpaired) electrons. The quantitative estimate of drug-likeness (QED) is 0.168. The van der Waals surface area contributed by atoms with Crippen LogP contribution in [0.2, 0.25) is 0 Å². The third-order valence-corrected chi connectivity index (χ3v) is 12.5. The van der Waals surface area contributed by atoms with Gasteiger partial charge >= 0.3 is 0 Å². The second-order valence-electron chi connectivity index (χ2n) is 19.5. The molecule has 0 fully saturated rings. The number of benzene rings is 7. The van der Waals surface area contributed by atoms with Crippen molar-refractivity contribution in [1.82, 2.24) is 0 Å². The van der Waals surface area contributed by atoms with E-state index in [0.29, 0.717) is 0 Å². The molecule has 1 aromatic heterocycles. The molecule has 0 saturated carbocycles. The van der Waals surface area contributed by atoms with Gasteiger partial charge < -0.3 is 14.2 Å². The molecule has 2 aliphatic heterocycles. The van der Waals surface area contributed by atoms with Gasteiger partial charge in [0.2, 0.25) is 0 Å². The second kappa shape index (κ2) is 12.8. The van der Waals surface area contributed by atoms with Crippen LogP contribution >= 0.6 is 0 Å². The molecule has 3 nitrogen and oxygen atoms in total. The summed E-state index contributed by atoms with van der Waals surface area (Å²) in [4.78, 5) is 5.04. The van der Waals surface area contributed by atoms with Crippen LogP contribution in [-0.4, -0.2) is 6.71 Å². The summed E-state index contributed by atoms with van der Waals surface area (Å²) in [6.45, 7) is 20.8. The molecule has 0 saturated heterocycles. The molecule has 58 heavy (non-hydrogen) atoms. The zero-order valence-electron chi connectivity index (χ0n) is 35.2. The Morgan fingerprint density at radius 3 is 1.76 bits per heavy atom. The maximum atomic E-state index is 6.57. The molecular formula is C54H51BN2O. The zero-order chi connectivity index (χ0) is 40.3. The summed E-state index contributed by atoms with van der Waals surface area (Å²) in [5.41, 5.74) is 19.3. The van der Waals surface area contributed by atoms with Gasteiger partial charge in [-0.25, -0.2) is 0 Å². The minimum atomic E-state index is -0.0263. The number of anilines is 6. The topological polar surface area (TPSA) is 19.6 Å². The van der Waals surface area contributed by atoms with Crippen molar-refractivity contribution in [3.05, 3.63) is 162 Å². The SMILES string of the molecule is CC(C)(C)c1ccc(N2c3ccc(C(C)(C)C)cc3B3c4ccc(C(C)(C)C)cc4N(c4cccc(-c5cccc6c5oc5ccccc56)c4)c4cccc2c43)cc1. The van der Waals surface area contributed by atoms with Crippen LogP contribution in [0.5, 0.6) is 0 Å². The van der Waals surface area contributed by atoms with E-state index in [0.717, 1.165) is 38.8 Å². The van der Waals surface area contributed by atoms with Crippen LogP contribution in [-0.2, 0) is 16.2 Å². The van der Waals surface area contributed by atoms with E-state index in [9.17, 15) is 0 Å². The second-order valence-corrected chi connectivity index (χ2v) is 19.5. The van der Waals surface area contributed by atoms with Crippen molar-refractivity contribution in [2.45, 2.75) is 78.6 Å². The maximum Gasteiger partial charge on any atom is 0.252 e. The van der Waals surface area contributed by atoms with E-state index in [1.165, 1.54) is 61.5 Å². The summed E-state index contributed by atoms with van der Waals surface area (Å²) in [5, 5.41) is 2.28. The van der Waals surface area contributed by atoms with Crippen LogP contribution in [0.25, 0.3) is 33.1 Å². The third kappa shape index (κ3) is 5.71. The van der Waals surface area contributed by atoms with E-state index >= 15 is 0 Å². The molecular weight excluding hydrogens is 703 g/mol. The maximum absolute atomic E-state index is 6.57. The van der Waals surface area contributed by atoms with Crippen molar-refractivity contribution in [3.63, 3.8) is 0 Å². The third-order valence-electron chi connectivity index (χ3n) is 12.5. The molecule has 0 atom stereocenters. The number of para-hydroxylation sites is 2. The van der Waals surface area contributed by atoms with Crippen molar-refractivity contribution < 1.29 is 4.42 Å². The molecule has 4 heteroatoms. The Labute approximate surface area is 344 Å². The molecule has 0 N–H and O–H groups in total. The van der Waals surface area contributed by atoms with Crippen LogP contribution in [0.15, 0.2) is 150 Å². The van der Waals surface area contributed by atoms with E-state index in [1.54, 1.807) is 0 Å². The predicted molar refractivity (Wildman–Crippen MR) is 249 cm³/mol. The number of hydrogen-bond donors (Lipinski definition) is 0. The van der Waals surface area contributed by atoms with Crippen molar-refractivity contribution in [2.24, 2.45) is 0 Å². The van der Waals surface area contributed by atoms with Crippen LogP contribution in [0.3, 0.4) is 0 Å². The van der Waals surface area contributed by atoms with Crippen molar-refractivity contribution >= 4 is 79.2 Å². The largest absolute Gasteiger partial charge is 0.455 e. The molecule has 0 spiro atoms. The van der Waals surface area contributed by atoms with E-state index in [-0.39, 0.29) is 23.0 Å². The molecule has 286 valence electrons. The van der Waals surface area contributed by atoms with Crippen LogP contribution in [0, 0.1) is 0 Å². The number of rotatable bonds is 3. The van der Waals surface area contributed by atoms with Crippen LogP contribution in [0.4, 0.5) is 34.1 Å². The predicted octanol–water partition coefficient (Wildman–Crippen LogP) is 13.2. The monoisotopic (exact) mass is 754 g/mol. The van der Waals surface area contributed by atoms with Crippen LogP contribution < -0.4 is 26.2 Å². The van der Waals surface area contributed by atoms with Gasteiger partial charge in [-0.3, -0.25) is 0 Å². The van der Waals surface area contributed by atoms with E-state index < -0.39 is 0 Å². The van der Waals surface area contributed by atoms with E-state index in [4.69, 9.17) is 4.42 Å². The minimum Gasteiger partial charge on any atom is -0.455 e. The lowest BCUT2D eigenvalue weighted by Gasteiger charge is -2.45. The van der Waals surface area contributed by atoms with Gasteiger partial charge in [0.05, 0.1) is 0 Å². The highest BCUT2D eigenvalue weighted by Crippen LogP contribution is 2.46. The Bertz CT molecular complexity index is 2920. The molecule has 0 unspecified atom stereocenters. The summed E-state index contributed by atoms with van der Waals surface area (Å²) in [7, 11) is 0.